The molecule has 0 unspecified atom stereocenters. The first-order chi connectivity index (χ1) is 9.36. The summed E-state index contributed by atoms with van der Waals surface area (Å²) in [5.41, 5.74) is 0.905. The Bertz CT molecular complexity index is 499. The Balaban J connectivity index is 2.18. The number of para-hydroxylation sites is 1. The van der Waals surface area contributed by atoms with Crippen molar-refractivity contribution in [3.63, 3.8) is 0 Å². The van der Waals surface area contributed by atoms with E-state index in [-0.39, 0.29) is 6.61 Å². The molecule has 2 aromatic rings. The fourth-order valence-electron chi connectivity index (χ4n) is 1.73. The molecule has 2 rings (SSSR count). The normalized spacial score (nSPS) is 10.8. The van der Waals surface area contributed by atoms with Crippen LogP contribution in [0.5, 0.6) is 0 Å². The van der Waals surface area contributed by atoms with Crippen LogP contribution in [0, 0.1) is 0 Å². The number of benzene rings is 1. The van der Waals surface area contributed by atoms with Crippen LogP contribution in [0.1, 0.15) is 11.6 Å². The Kier molecular flexibility index (Phi) is 5.02. The average molecular weight is 263 g/mol. The zero-order chi connectivity index (χ0) is 13.5. The van der Waals surface area contributed by atoms with E-state index < -0.39 is 0 Å². The van der Waals surface area contributed by atoms with E-state index in [0.717, 1.165) is 5.69 Å². The SMILES string of the molecule is COCCOCc1nnc(CO)n1-c1ccccc1. The van der Waals surface area contributed by atoms with Crippen molar-refractivity contribution >= 4 is 0 Å². The monoisotopic (exact) mass is 263 g/mol. The van der Waals surface area contributed by atoms with Gasteiger partial charge in [0.1, 0.15) is 13.2 Å². The van der Waals surface area contributed by atoms with Gasteiger partial charge in [0.25, 0.3) is 0 Å². The van der Waals surface area contributed by atoms with Crippen LogP contribution in [0.4, 0.5) is 0 Å². The van der Waals surface area contributed by atoms with E-state index in [1.165, 1.54) is 0 Å². The van der Waals surface area contributed by atoms with Gasteiger partial charge >= 0.3 is 0 Å². The minimum atomic E-state index is -0.167. The summed E-state index contributed by atoms with van der Waals surface area (Å²) in [7, 11) is 1.62. The summed E-state index contributed by atoms with van der Waals surface area (Å²) < 4.78 is 12.2. The molecule has 0 aliphatic carbocycles. The number of methoxy groups -OCH3 is 1. The lowest BCUT2D eigenvalue weighted by Crippen LogP contribution is -2.09. The molecule has 1 aromatic carbocycles. The molecule has 0 saturated heterocycles. The molecule has 0 aliphatic heterocycles. The van der Waals surface area contributed by atoms with Gasteiger partial charge in [-0.15, -0.1) is 10.2 Å². The van der Waals surface area contributed by atoms with Crippen LogP contribution >= 0.6 is 0 Å². The molecular formula is C13H17N3O3. The van der Waals surface area contributed by atoms with E-state index in [9.17, 15) is 5.11 Å². The van der Waals surface area contributed by atoms with Gasteiger partial charge in [-0.25, -0.2) is 0 Å². The molecule has 0 aliphatic rings. The molecule has 0 amide bonds. The van der Waals surface area contributed by atoms with Gasteiger partial charge in [-0.3, -0.25) is 4.57 Å². The van der Waals surface area contributed by atoms with Crippen LogP contribution in [0.25, 0.3) is 5.69 Å². The molecule has 1 N–H and O–H groups in total. The third-order valence-electron chi connectivity index (χ3n) is 2.62. The molecule has 1 aromatic heterocycles. The Morgan fingerprint density at radius 1 is 1.11 bits per heavy atom. The summed E-state index contributed by atoms with van der Waals surface area (Å²) in [5, 5.41) is 17.3. The van der Waals surface area contributed by atoms with Crippen LogP contribution in [0.3, 0.4) is 0 Å². The van der Waals surface area contributed by atoms with E-state index >= 15 is 0 Å². The van der Waals surface area contributed by atoms with Gasteiger partial charge in [0.2, 0.25) is 0 Å². The number of hydrogen-bond donors (Lipinski definition) is 1. The van der Waals surface area contributed by atoms with Crippen molar-refractivity contribution < 1.29 is 14.6 Å². The largest absolute Gasteiger partial charge is 0.388 e. The highest BCUT2D eigenvalue weighted by atomic mass is 16.5. The molecule has 0 radical (unpaired) electrons. The second kappa shape index (κ2) is 6.98. The Morgan fingerprint density at radius 2 is 1.84 bits per heavy atom. The van der Waals surface area contributed by atoms with Crippen LogP contribution in [-0.4, -0.2) is 40.2 Å². The van der Waals surface area contributed by atoms with Crippen LogP contribution in [-0.2, 0) is 22.7 Å². The van der Waals surface area contributed by atoms with Crippen molar-refractivity contribution in [2.45, 2.75) is 13.2 Å². The highest BCUT2D eigenvalue weighted by Crippen LogP contribution is 2.13. The molecule has 0 bridgehead atoms. The number of nitrogens with zero attached hydrogens (tertiary/aromatic N) is 3. The van der Waals surface area contributed by atoms with E-state index in [0.29, 0.717) is 31.5 Å². The molecule has 1 heterocycles. The molecule has 19 heavy (non-hydrogen) atoms. The minimum absolute atomic E-state index is 0.167. The third kappa shape index (κ3) is 3.37. The zero-order valence-electron chi connectivity index (χ0n) is 10.8. The first-order valence-electron chi connectivity index (χ1n) is 6.03. The zero-order valence-corrected chi connectivity index (χ0v) is 10.8. The number of rotatable bonds is 7. The van der Waals surface area contributed by atoms with E-state index in [1.807, 2.05) is 30.3 Å². The predicted molar refractivity (Wildman–Crippen MR) is 68.8 cm³/mol. The van der Waals surface area contributed by atoms with Crippen molar-refractivity contribution in [1.82, 2.24) is 14.8 Å². The fraction of sp³-hybridized carbons (Fsp3) is 0.385. The standard InChI is InChI=1S/C13H17N3O3/c1-18-7-8-19-10-13-15-14-12(9-17)16(13)11-5-3-2-4-6-11/h2-6,17H,7-10H2,1H3. The van der Waals surface area contributed by atoms with Gasteiger partial charge in [-0.2, -0.15) is 0 Å². The molecule has 6 heteroatoms. The molecule has 0 fully saturated rings. The highest BCUT2D eigenvalue weighted by Gasteiger charge is 2.12. The summed E-state index contributed by atoms with van der Waals surface area (Å²) in [4.78, 5) is 0. The second-order valence-corrected chi connectivity index (χ2v) is 3.91. The summed E-state index contributed by atoms with van der Waals surface area (Å²) in [5.74, 6) is 1.16. The first kappa shape index (κ1) is 13.7. The number of ether oxygens (including phenoxy) is 2. The van der Waals surface area contributed by atoms with Crippen molar-refractivity contribution in [3.8, 4) is 5.69 Å². The Labute approximate surface area is 111 Å². The highest BCUT2D eigenvalue weighted by molar-refractivity contribution is 5.33. The molecule has 0 spiro atoms. The van der Waals surface area contributed by atoms with Crippen LogP contribution < -0.4 is 0 Å². The number of aliphatic hydroxyl groups is 1. The maximum Gasteiger partial charge on any atom is 0.163 e. The van der Waals surface area contributed by atoms with Crippen molar-refractivity contribution in [1.29, 1.82) is 0 Å². The lowest BCUT2D eigenvalue weighted by Gasteiger charge is -2.09. The molecule has 0 saturated carbocycles. The van der Waals surface area contributed by atoms with Gasteiger partial charge in [0.05, 0.1) is 13.2 Å². The van der Waals surface area contributed by atoms with Gasteiger partial charge in [0, 0.05) is 12.8 Å². The van der Waals surface area contributed by atoms with Gasteiger partial charge < -0.3 is 14.6 Å². The van der Waals surface area contributed by atoms with Gasteiger partial charge in [-0.05, 0) is 12.1 Å². The first-order valence-corrected chi connectivity index (χ1v) is 6.03. The Hall–Kier alpha value is -1.76. The van der Waals surface area contributed by atoms with Gasteiger partial charge in [0.15, 0.2) is 11.6 Å². The molecule has 6 nitrogen and oxygen atoms in total. The van der Waals surface area contributed by atoms with E-state index in [1.54, 1.807) is 11.7 Å². The predicted octanol–water partition coefficient (Wildman–Crippen LogP) is 0.923. The second-order valence-electron chi connectivity index (χ2n) is 3.91. The summed E-state index contributed by atoms with van der Waals surface area (Å²) in [6, 6.07) is 9.64. The lowest BCUT2D eigenvalue weighted by molar-refractivity contribution is 0.0579. The molecule has 102 valence electrons. The Morgan fingerprint density at radius 3 is 2.53 bits per heavy atom. The summed E-state index contributed by atoms with van der Waals surface area (Å²) in [6.45, 7) is 1.18. The number of hydrogen-bond acceptors (Lipinski definition) is 5. The smallest absolute Gasteiger partial charge is 0.163 e. The van der Waals surface area contributed by atoms with Crippen molar-refractivity contribution in [2.75, 3.05) is 20.3 Å². The quantitative estimate of drug-likeness (QED) is 0.752. The maximum absolute atomic E-state index is 9.32. The maximum atomic E-state index is 9.32. The summed E-state index contributed by atoms with van der Waals surface area (Å²) in [6.07, 6.45) is 0. The minimum Gasteiger partial charge on any atom is -0.388 e. The van der Waals surface area contributed by atoms with Crippen LogP contribution in [0.2, 0.25) is 0 Å². The average Bonchev–Trinajstić information content (AvgIpc) is 2.87. The number of aromatic nitrogens is 3. The molecular weight excluding hydrogens is 246 g/mol. The topological polar surface area (TPSA) is 69.4 Å². The third-order valence-corrected chi connectivity index (χ3v) is 2.62. The number of aliphatic hydroxyl groups excluding tert-OH is 1. The van der Waals surface area contributed by atoms with Crippen LogP contribution in [0.15, 0.2) is 30.3 Å². The summed E-state index contributed by atoms with van der Waals surface area (Å²) >= 11 is 0. The van der Waals surface area contributed by atoms with Crippen molar-refractivity contribution in [2.24, 2.45) is 0 Å². The van der Waals surface area contributed by atoms with Crippen molar-refractivity contribution in [3.05, 3.63) is 42.0 Å². The lowest BCUT2D eigenvalue weighted by atomic mass is 10.3. The van der Waals surface area contributed by atoms with E-state index in [2.05, 4.69) is 10.2 Å². The fourth-order valence-corrected chi connectivity index (χ4v) is 1.73. The molecule has 0 atom stereocenters. The van der Waals surface area contributed by atoms with Gasteiger partial charge in [-0.1, -0.05) is 18.2 Å². The van der Waals surface area contributed by atoms with E-state index in [4.69, 9.17) is 9.47 Å².